The number of rotatable bonds is 5. The summed E-state index contributed by atoms with van der Waals surface area (Å²) in [4.78, 5) is 40.1. The summed E-state index contributed by atoms with van der Waals surface area (Å²) < 4.78 is 61.8. The molecule has 2 aliphatic heterocycles. The van der Waals surface area contributed by atoms with Crippen molar-refractivity contribution in [2.45, 2.75) is 11.6 Å². The molecule has 1 fully saturated rings. The summed E-state index contributed by atoms with van der Waals surface area (Å²) in [6, 6.07) is 4.73. The summed E-state index contributed by atoms with van der Waals surface area (Å²) in [5.74, 6) is -4.88. The van der Waals surface area contributed by atoms with Gasteiger partial charge in [0.05, 0.1) is 28.7 Å². The molecule has 9 nitrogen and oxygen atoms in total. The molecule has 0 radical (unpaired) electrons. The molecule has 3 rings (SSSR count). The summed E-state index contributed by atoms with van der Waals surface area (Å²) in [6.07, 6.45) is -0.741. The number of pyridine rings is 1. The first-order valence-corrected chi connectivity index (χ1v) is 10.3. The average molecular weight is 479 g/mol. The summed E-state index contributed by atoms with van der Waals surface area (Å²) in [7, 11) is -4.13. The molecular formula is C18H13F3N3NaO6S. The van der Waals surface area contributed by atoms with Crippen LogP contribution in [-0.4, -0.2) is 59.9 Å². The molecule has 164 valence electrons. The number of aromatic nitrogens is 1. The molecule has 14 heteroatoms. The minimum absolute atomic E-state index is 0. The number of carbonyl (C=O) groups excluding carboxylic acids is 3. The molecular weight excluding hydrogens is 466 g/mol. The number of nitrogens with zero attached hydrogens (tertiary/aromatic N) is 2. The van der Waals surface area contributed by atoms with Gasteiger partial charge in [-0.15, -0.1) is 0 Å². The second-order valence-corrected chi connectivity index (χ2v) is 8.58. The summed E-state index contributed by atoms with van der Waals surface area (Å²) in [5.41, 5.74) is -1.15. The van der Waals surface area contributed by atoms with Crippen LogP contribution in [0.2, 0.25) is 0 Å². The predicted octanol–water partition coefficient (Wildman–Crippen LogP) is -3.70. The van der Waals surface area contributed by atoms with E-state index >= 15 is 0 Å². The predicted molar refractivity (Wildman–Crippen MR) is 96.9 cm³/mol. The van der Waals surface area contributed by atoms with Gasteiger partial charge in [-0.1, -0.05) is 12.1 Å². The standard InChI is InChI=1S/C18H14F3N3O6S.Na/c19-18(20,21)9-23-13(25)5-4-10-8-31(29,30)16-12(7-11-3-1-2-6-22-11)15(26)24(16)14(10)17(27)28;/h1-7,16H,8-9H2,(H,23,25)(H,27,28);/q;+1/p-1/b5-4+,12-7-;/t16-;/m1./s1. The van der Waals surface area contributed by atoms with E-state index in [1.54, 1.807) is 12.1 Å². The van der Waals surface area contributed by atoms with E-state index < -0.39 is 62.7 Å². The van der Waals surface area contributed by atoms with Crippen LogP contribution in [0.1, 0.15) is 5.69 Å². The maximum atomic E-state index is 12.7. The number of amides is 2. The second-order valence-electron chi connectivity index (χ2n) is 6.52. The second kappa shape index (κ2) is 9.57. The minimum Gasteiger partial charge on any atom is -0.543 e. The first-order chi connectivity index (χ1) is 14.4. The van der Waals surface area contributed by atoms with E-state index in [9.17, 15) is 41.1 Å². The number of halogens is 3. The molecule has 0 spiro atoms. The zero-order valence-corrected chi connectivity index (χ0v) is 19.2. The quantitative estimate of drug-likeness (QED) is 0.261. The summed E-state index contributed by atoms with van der Waals surface area (Å²) in [6.45, 7) is -1.63. The zero-order chi connectivity index (χ0) is 23.0. The van der Waals surface area contributed by atoms with Crippen molar-refractivity contribution in [1.82, 2.24) is 15.2 Å². The van der Waals surface area contributed by atoms with Crippen molar-refractivity contribution in [3.63, 3.8) is 0 Å². The van der Waals surface area contributed by atoms with Gasteiger partial charge in [0.1, 0.15) is 6.54 Å². The van der Waals surface area contributed by atoms with E-state index in [0.717, 1.165) is 6.08 Å². The van der Waals surface area contributed by atoms with Crippen LogP contribution in [0.4, 0.5) is 13.2 Å². The van der Waals surface area contributed by atoms with Crippen molar-refractivity contribution >= 4 is 33.7 Å². The SMILES string of the molecule is O=C(/C=C/C1=C(C(=O)[O-])N2C(=O)/C(=C/c3ccccn3)[C@H]2S(=O)(=O)C1)NCC(F)(F)F.[Na+]. The van der Waals surface area contributed by atoms with Crippen LogP contribution in [0.15, 0.2) is 53.4 Å². The number of fused-ring (bicyclic) bond motifs is 1. The summed E-state index contributed by atoms with van der Waals surface area (Å²) >= 11 is 0. The van der Waals surface area contributed by atoms with E-state index in [2.05, 4.69) is 4.98 Å². The maximum absolute atomic E-state index is 12.7. The number of carbonyl (C=O) groups is 3. The van der Waals surface area contributed by atoms with Crippen molar-refractivity contribution in [2.75, 3.05) is 12.3 Å². The number of carboxylic acid groups (broad SMARTS) is 1. The van der Waals surface area contributed by atoms with Gasteiger partial charge in [-0.3, -0.25) is 19.5 Å². The van der Waals surface area contributed by atoms with Gasteiger partial charge in [0.15, 0.2) is 15.2 Å². The Hall–Kier alpha value is -2.48. The molecule has 1 aromatic heterocycles. The number of sulfone groups is 1. The van der Waals surface area contributed by atoms with Crippen LogP contribution in [0, 0.1) is 0 Å². The molecule has 0 bridgehead atoms. The van der Waals surface area contributed by atoms with Gasteiger partial charge in [-0.05, 0) is 23.8 Å². The Morgan fingerprint density at radius 2 is 2.00 bits per heavy atom. The first kappa shape index (κ1) is 25.8. The molecule has 0 unspecified atom stereocenters. The van der Waals surface area contributed by atoms with Gasteiger partial charge in [-0.2, -0.15) is 13.2 Å². The Labute approximate surface area is 201 Å². The van der Waals surface area contributed by atoms with E-state index in [1.165, 1.54) is 23.7 Å². The number of alkyl halides is 3. The molecule has 1 N–H and O–H groups in total. The molecule has 2 amide bonds. The molecule has 3 heterocycles. The van der Waals surface area contributed by atoms with Crippen molar-refractivity contribution in [2.24, 2.45) is 0 Å². The topological polar surface area (TPSA) is 137 Å². The van der Waals surface area contributed by atoms with Gasteiger partial charge in [0.2, 0.25) is 5.91 Å². The van der Waals surface area contributed by atoms with Crippen LogP contribution < -0.4 is 40.0 Å². The molecule has 1 atom stereocenters. The first-order valence-electron chi connectivity index (χ1n) is 8.55. The Morgan fingerprint density at radius 1 is 1.31 bits per heavy atom. The van der Waals surface area contributed by atoms with Crippen molar-refractivity contribution < 1.29 is 70.6 Å². The molecule has 32 heavy (non-hydrogen) atoms. The Bertz CT molecular complexity index is 1150. The monoisotopic (exact) mass is 479 g/mol. The Kier molecular flexibility index (Phi) is 7.71. The summed E-state index contributed by atoms with van der Waals surface area (Å²) in [5, 5.41) is 11.5. The molecule has 2 aliphatic rings. The van der Waals surface area contributed by atoms with Gasteiger partial charge in [-0.25, -0.2) is 8.42 Å². The van der Waals surface area contributed by atoms with E-state index in [-0.39, 0.29) is 40.8 Å². The van der Waals surface area contributed by atoms with Gasteiger partial charge in [0, 0.05) is 12.3 Å². The van der Waals surface area contributed by atoms with E-state index in [1.807, 2.05) is 0 Å². The molecule has 0 saturated carbocycles. The van der Waals surface area contributed by atoms with Gasteiger partial charge >= 0.3 is 35.7 Å². The maximum Gasteiger partial charge on any atom is 1.00 e. The third-order valence-corrected chi connectivity index (χ3v) is 6.15. The van der Waals surface area contributed by atoms with Gasteiger partial charge < -0.3 is 15.2 Å². The Morgan fingerprint density at radius 3 is 2.56 bits per heavy atom. The smallest absolute Gasteiger partial charge is 0.543 e. The third-order valence-electron chi connectivity index (χ3n) is 4.29. The van der Waals surface area contributed by atoms with Crippen molar-refractivity contribution in [3.8, 4) is 0 Å². The van der Waals surface area contributed by atoms with Crippen LogP contribution >= 0.6 is 0 Å². The van der Waals surface area contributed by atoms with Gasteiger partial charge in [0.25, 0.3) is 5.91 Å². The van der Waals surface area contributed by atoms with Crippen LogP contribution in [0.5, 0.6) is 0 Å². The largest absolute Gasteiger partial charge is 1.00 e. The fraction of sp³-hybridized carbons (Fsp3) is 0.222. The number of hydrogen-bond donors (Lipinski definition) is 1. The number of β-lactam (4-membered cyclic amide) rings is 1. The van der Waals surface area contributed by atoms with Crippen molar-refractivity contribution in [1.29, 1.82) is 0 Å². The van der Waals surface area contributed by atoms with Crippen LogP contribution in [0.3, 0.4) is 0 Å². The van der Waals surface area contributed by atoms with Crippen LogP contribution in [-0.2, 0) is 24.2 Å². The fourth-order valence-corrected chi connectivity index (χ4v) is 4.95. The van der Waals surface area contributed by atoms with E-state index in [4.69, 9.17) is 0 Å². The average Bonchev–Trinajstić information content (AvgIpc) is 2.68. The zero-order valence-electron chi connectivity index (χ0n) is 16.4. The molecule has 0 aromatic carbocycles. The molecule has 1 aromatic rings. The van der Waals surface area contributed by atoms with Crippen LogP contribution in [0.25, 0.3) is 6.08 Å². The number of aliphatic carboxylic acids is 1. The molecule has 0 aliphatic carbocycles. The normalized spacial score (nSPS) is 21.1. The van der Waals surface area contributed by atoms with Crippen molar-refractivity contribution in [3.05, 3.63) is 59.1 Å². The van der Waals surface area contributed by atoms with E-state index in [0.29, 0.717) is 11.0 Å². The fourth-order valence-electron chi connectivity index (χ4n) is 3.05. The third kappa shape index (κ3) is 5.46. The minimum atomic E-state index is -4.67. The Balaban J connectivity index is 0.00000363. The molecule has 1 saturated heterocycles. The number of carboxylic acids is 1. The number of nitrogens with one attached hydrogen (secondary N) is 1. The number of allylic oxidation sites excluding steroid dienone is 1. The number of hydrogen-bond acceptors (Lipinski definition) is 7.